The highest BCUT2D eigenvalue weighted by atomic mass is 127. The average molecular weight is 427 g/mol. The molecule has 0 spiro atoms. The number of nitrogens with zero attached hydrogens (tertiary/aromatic N) is 2. The molecule has 0 unspecified atom stereocenters. The topological polar surface area (TPSA) is 65.3 Å². The molecule has 0 aliphatic carbocycles. The minimum absolute atomic E-state index is 0.00361. The molecule has 5 nitrogen and oxygen atoms in total. The Morgan fingerprint density at radius 2 is 2.18 bits per heavy atom. The first-order valence-electron chi connectivity index (χ1n) is 3.89. The molecule has 0 saturated heterocycles. The lowest BCUT2D eigenvalue weighted by Gasteiger charge is -2.10. The van der Waals surface area contributed by atoms with Gasteiger partial charge >= 0.3 is 12.0 Å². The monoisotopic (exact) mass is 426 g/mol. The largest absolute Gasteiger partial charge is 0.573 e. The molecule has 0 atom stereocenters. The van der Waals surface area contributed by atoms with Gasteiger partial charge in [-0.25, -0.2) is 4.98 Å². The Bertz CT molecular complexity index is 455. The lowest BCUT2D eigenvalue weighted by Crippen LogP contribution is -2.18. The number of nitro groups is 1. The van der Waals surface area contributed by atoms with Crippen LogP contribution in [0.5, 0.6) is 5.75 Å². The predicted octanol–water partition coefficient (Wildman–Crippen LogP) is 3.39. The maximum Gasteiger partial charge on any atom is 0.573 e. The third-order valence-corrected chi connectivity index (χ3v) is 3.10. The van der Waals surface area contributed by atoms with Crippen LogP contribution < -0.4 is 4.74 Å². The summed E-state index contributed by atoms with van der Waals surface area (Å²) in [5, 5.41) is 10.7. The first kappa shape index (κ1) is 14.4. The van der Waals surface area contributed by atoms with E-state index < -0.39 is 22.7 Å². The summed E-state index contributed by atoms with van der Waals surface area (Å²) in [6.07, 6.45) is -4.32. The molecule has 0 aromatic carbocycles. The van der Waals surface area contributed by atoms with Crippen molar-refractivity contribution < 1.29 is 22.8 Å². The van der Waals surface area contributed by atoms with Gasteiger partial charge in [0.15, 0.2) is 0 Å². The third-order valence-electron chi connectivity index (χ3n) is 1.61. The number of aromatic nitrogens is 1. The fourth-order valence-electron chi connectivity index (χ4n) is 1.02. The molecule has 0 bridgehead atoms. The molecule has 0 saturated carbocycles. The van der Waals surface area contributed by atoms with Crippen molar-refractivity contribution in [1.29, 1.82) is 0 Å². The predicted molar refractivity (Wildman–Crippen MR) is 62.9 cm³/mol. The maximum atomic E-state index is 12.0. The number of pyridine rings is 1. The van der Waals surface area contributed by atoms with Gasteiger partial charge in [-0.15, -0.1) is 13.2 Å². The summed E-state index contributed by atoms with van der Waals surface area (Å²) in [6, 6.07) is 0. The van der Waals surface area contributed by atoms with Gasteiger partial charge in [-0.05, 0) is 22.6 Å². The lowest BCUT2D eigenvalue weighted by atomic mass is 10.2. The molecule has 1 aromatic heterocycles. The molecule has 17 heavy (non-hydrogen) atoms. The summed E-state index contributed by atoms with van der Waals surface area (Å²) < 4.78 is 39.9. The summed E-state index contributed by atoms with van der Waals surface area (Å²) in [6.45, 7) is 0. The second kappa shape index (κ2) is 5.33. The summed E-state index contributed by atoms with van der Waals surface area (Å²) in [4.78, 5) is 13.4. The zero-order valence-corrected chi connectivity index (χ0v) is 11.5. The molecule has 0 fully saturated rings. The van der Waals surface area contributed by atoms with Crippen molar-refractivity contribution in [2.75, 3.05) is 0 Å². The second-order valence-corrected chi connectivity index (χ2v) is 4.26. The SMILES string of the molecule is O=[N+]([O-])c1c(OC(F)(F)F)cnc(I)c1CBr. The Hall–Kier alpha value is -0.650. The Kier molecular flexibility index (Phi) is 4.52. The zero-order valence-electron chi connectivity index (χ0n) is 7.79. The van der Waals surface area contributed by atoms with E-state index in [1.807, 2.05) is 0 Å². The van der Waals surface area contributed by atoms with E-state index >= 15 is 0 Å². The van der Waals surface area contributed by atoms with Gasteiger partial charge in [-0.3, -0.25) is 10.1 Å². The van der Waals surface area contributed by atoms with Crippen molar-refractivity contribution >= 4 is 44.2 Å². The lowest BCUT2D eigenvalue weighted by molar-refractivity contribution is -0.389. The van der Waals surface area contributed by atoms with E-state index in [1.54, 1.807) is 22.6 Å². The van der Waals surface area contributed by atoms with Crippen LogP contribution in [-0.2, 0) is 5.33 Å². The van der Waals surface area contributed by atoms with Crippen molar-refractivity contribution in [2.24, 2.45) is 0 Å². The van der Waals surface area contributed by atoms with Gasteiger partial charge < -0.3 is 4.74 Å². The maximum absolute atomic E-state index is 12.0. The average Bonchev–Trinajstić information content (AvgIpc) is 2.17. The number of rotatable bonds is 3. The van der Waals surface area contributed by atoms with E-state index in [-0.39, 0.29) is 14.6 Å². The van der Waals surface area contributed by atoms with E-state index in [4.69, 9.17) is 0 Å². The van der Waals surface area contributed by atoms with Gasteiger partial charge in [-0.1, -0.05) is 15.9 Å². The van der Waals surface area contributed by atoms with Gasteiger partial charge in [0.1, 0.15) is 3.70 Å². The van der Waals surface area contributed by atoms with Gasteiger partial charge in [0.25, 0.3) is 0 Å². The van der Waals surface area contributed by atoms with Gasteiger partial charge in [-0.2, -0.15) is 0 Å². The van der Waals surface area contributed by atoms with Crippen LogP contribution in [0, 0.1) is 13.8 Å². The number of hydrogen-bond acceptors (Lipinski definition) is 4. The Morgan fingerprint density at radius 1 is 1.59 bits per heavy atom. The van der Waals surface area contributed by atoms with Crippen molar-refractivity contribution in [1.82, 2.24) is 4.98 Å². The molecule has 1 rings (SSSR count). The quantitative estimate of drug-likeness (QED) is 0.244. The van der Waals surface area contributed by atoms with Crippen molar-refractivity contribution in [3.8, 4) is 5.75 Å². The minimum atomic E-state index is -5.00. The van der Waals surface area contributed by atoms with Gasteiger partial charge in [0, 0.05) is 5.33 Å². The first-order valence-corrected chi connectivity index (χ1v) is 6.09. The van der Waals surface area contributed by atoms with E-state index in [0.29, 0.717) is 6.20 Å². The number of halogens is 5. The van der Waals surface area contributed by atoms with Crippen LogP contribution in [0.1, 0.15) is 5.56 Å². The van der Waals surface area contributed by atoms with E-state index in [9.17, 15) is 23.3 Å². The molecule has 1 heterocycles. The third kappa shape index (κ3) is 3.66. The molecule has 10 heteroatoms. The molecule has 0 aliphatic rings. The van der Waals surface area contributed by atoms with Crippen LogP contribution in [0.2, 0.25) is 0 Å². The Balaban J connectivity index is 3.36. The first-order chi connectivity index (χ1) is 7.76. The number of ether oxygens (including phenoxy) is 1. The molecule has 1 aromatic rings. The fraction of sp³-hybridized carbons (Fsp3) is 0.286. The Labute approximate surface area is 115 Å². The molecular formula is C7H3BrF3IN2O3. The summed E-state index contributed by atoms with van der Waals surface area (Å²) in [5.41, 5.74) is -0.698. The number of alkyl halides is 4. The fourth-order valence-corrected chi connectivity index (χ4v) is 2.66. The highest BCUT2D eigenvalue weighted by Gasteiger charge is 2.36. The van der Waals surface area contributed by atoms with Crippen LogP contribution >= 0.6 is 38.5 Å². The van der Waals surface area contributed by atoms with Crippen LogP contribution in [0.15, 0.2) is 6.20 Å². The normalized spacial score (nSPS) is 11.4. The standard InChI is InChI=1S/C7H3BrF3IN2O3/c8-1-3-5(14(15)16)4(2-13-6(3)12)17-7(9,10)11/h2H,1H2. The molecule has 0 N–H and O–H groups in total. The summed E-state index contributed by atoms with van der Waals surface area (Å²) in [7, 11) is 0. The van der Waals surface area contributed by atoms with Crippen LogP contribution in [0.4, 0.5) is 18.9 Å². The smallest absolute Gasteiger partial charge is 0.397 e. The zero-order chi connectivity index (χ0) is 13.2. The van der Waals surface area contributed by atoms with Crippen LogP contribution in [0.3, 0.4) is 0 Å². The van der Waals surface area contributed by atoms with Crippen molar-refractivity contribution in [2.45, 2.75) is 11.7 Å². The van der Waals surface area contributed by atoms with Crippen molar-refractivity contribution in [3.63, 3.8) is 0 Å². The molecule has 0 amide bonds. The highest BCUT2D eigenvalue weighted by molar-refractivity contribution is 14.1. The molecule has 0 aliphatic heterocycles. The highest BCUT2D eigenvalue weighted by Crippen LogP contribution is 2.36. The molecule has 0 radical (unpaired) electrons. The molecular weight excluding hydrogens is 424 g/mol. The van der Waals surface area contributed by atoms with Crippen LogP contribution in [0.25, 0.3) is 0 Å². The van der Waals surface area contributed by atoms with Crippen molar-refractivity contribution in [3.05, 3.63) is 25.6 Å². The van der Waals surface area contributed by atoms with Crippen LogP contribution in [-0.4, -0.2) is 16.3 Å². The number of hydrogen-bond donors (Lipinski definition) is 0. The molecule has 94 valence electrons. The van der Waals surface area contributed by atoms with Gasteiger partial charge in [0.05, 0.1) is 16.7 Å². The second-order valence-electron chi connectivity index (χ2n) is 2.68. The Morgan fingerprint density at radius 3 is 2.59 bits per heavy atom. The van der Waals surface area contributed by atoms with E-state index in [2.05, 4.69) is 25.7 Å². The summed E-state index contributed by atoms with van der Waals surface area (Å²) in [5.74, 6) is -0.919. The van der Waals surface area contributed by atoms with Gasteiger partial charge in [0.2, 0.25) is 5.75 Å². The van der Waals surface area contributed by atoms with E-state index in [1.165, 1.54) is 0 Å². The van der Waals surface area contributed by atoms with E-state index in [0.717, 1.165) is 0 Å². The summed E-state index contributed by atoms with van der Waals surface area (Å²) >= 11 is 4.65. The minimum Gasteiger partial charge on any atom is -0.397 e.